The summed E-state index contributed by atoms with van der Waals surface area (Å²) < 4.78 is 0. The van der Waals surface area contributed by atoms with Gasteiger partial charge in [0.05, 0.1) is 0 Å². The third-order valence-electron chi connectivity index (χ3n) is 5.15. The number of hydrogen-bond acceptors (Lipinski definition) is 4. The number of nitrogens with two attached hydrogens (primary N) is 1. The van der Waals surface area contributed by atoms with Crippen LogP contribution in [0.5, 0.6) is 0 Å². The molecule has 0 spiro atoms. The van der Waals surface area contributed by atoms with Crippen molar-refractivity contribution in [3.63, 3.8) is 0 Å². The van der Waals surface area contributed by atoms with Crippen molar-refractivity contribution in [1.29, 1.82) is 0 Å². The van der Waals surface area contributed by atoms with Gasteiger partial charge in [0.2, 0.25) is 5.91 Å². The molecule has 0 radical (unpaired) electrons. The van der Waals surface area contributed by atoms with E-state index in [-0.39, 0.29) is 5.91 Å². The number of aromatic nitrogens is 2. The minimum absolute atomic E-state index is 0.0463. The van der Waals surface area contributed by atoms with Gasteiger partial charge >= 0.3 is 0 Å². The predicted molar refractivity (Wildman–Crippen MR) is 112 cm³/mol. The molecule has 0 aliphatic carbocycles. The second-order valence-corrected chi connectivity index (χ2v) is 7.11. The Kier molecular flexibility index (Phi) is 5.03. The topological polar surface area (TPSA) is 95.3 Å². The minimum Gasteiger partial charge on any atom is -0.368 e. The maximum atomic E-state index is 13.2. The average Bonchev–Trinajstić information content (AvgIpc) is 3.16. The molecular weight excluding hydrogens is 366 g/mol. The summed E-state index contributed by atoms with van der Waals surface area (Å²) in [5.41, 5.74) is 8.94. The first-order valence-electron chi connectivity index (χ1n) is 9.59. The third kappa shape index (κ3) is 3.85. The SMILES string of the molecule is Cc1nc(-c2ccccc2)c(C(=O)N2CCN(c3cccc(C(N)=O)c3)CC2)[nH]1. The summed E-state index contributed by atoms with van der Waals surface area (Å²) >= 11 is 0. The Balaban J connectivity index is 1.49. The summed E-state index contributed by atoms with van der Waals surface area (Å²) in [7, 11) is 0. The van der Waals surface area contributed by atoms with E-state index in [4.69, 9.17) is 5.73 Å². The van der Waals surface area contributed by atoms with Crippen LogP contribution in [0.4, 0.5) is 5.69 Å². The van der Waals surface area contributed by atoms with Crippen molar-refractivity contribution in [2.75, 3.05) is 31.1 Å². The van der Waals surface area contributed by atoms with Crippen LogP contribution in [0.1, 0.15) is 26.7 Å². The van der Waals surface area contributed by atoms with Crippen LogP contribution < -0.4 is 10.6 Å². The first-order valence-corrected chi connectivity index (χ1v) is 9.59. The molecule has 7 nitrogen and oxygen atoms in total. The van der Waals surface area contributed by atoms with Crippen molar-refractivity contribution in [2.24, 2.45) is 5.73 Å². The maximum absolute atomic E-state index is 13.2. The fraction of sp³-hybridized carbons (Fsp3) is 0.227. The molecule has 0 bridgehead atoms. The number of nitrogens with one attached hydrogen (secondary N) is 1. The summed E-state index contributed by atoms with van der Waals surface area (Å²) in [5, 5.41) is 0. The van der Waals surface area contributed by atoms with E-state index in [0.29, 0.717) is 49.0 Å². The lowest BCUT2D eigenvalue weighted by atomic mass is 10.1. The molecular formula is C22H23N5O2. The van der Waals surface area contributed by atoms with Gasteiger partial charge in [-0.1, -0.05) is 36.4 Å². The van der Waals surface area contributed by atoms with Gasteiger partial charge in [-0.3, -0.25) is 9.59 Å². The van der Waals surface area contributed by atoms with E-state index in [1.165, 1.54) is 0 Å². The number of carbonyl (C=O) groups excluding carboxylic acids is 2. The van der Waals surface area contributed by atoms with E-state index in [0.717, 1.165) is 11.3 Å². The minimum atomic E-state index is -0.441. The van der Waals surface area contributed by atoms with Crippen LogP contribution in [-0.4, -0.2) is 52.9 Å². The highest BCUT2D eigenvalue weighted by Gasteiger charge is 2.26. The molecule has 1 fully saturated rings. The Hall–Kier alpha value is -3.61. The van der Waals surface area contributed by atoms with Gasteiger partial charge in [0.15, 0.2) is 0 Å². The molecule has 1 aliphatic rings. The van der Waals surface area contributed by atoms with Gasteiger partial charge in [0.1, 0.15) is 17.2 Å². The molecule has 2 aromatic carbocycles. The molecule has 2 heterocycles. The Morgan fingerprint density at radius 3 is 2.41 bits per heavy atom. The standard InChI is InChI=1S/C22H23N5O2/c1-15-24-19(16-6-3-2-4-7-16)20(25-15)22(29)27-12-10-26(11-13-27)18-9-5-8-17(14-18)21(23)28/h2-9,14H,10-13H2,1H3,(H2,23,28)(H,24,25). The lowest BCUT2D eigenvalue weighted by Crippen LogP contribution is -2.49. The Morgan fingerprint density at radius 1 is 1.00 bits per heavy atom. The lowest BCUT2D eigenvalue weighted by molar-refractivity contribution is 0.0742. The zero-order valence-corrected chi connectivity index (χ0v) is 16.3. The van der Waals surface area contributed by atoms with Gasteiger partial charge in [-0.15, -0.1) is 0 Å². The summed E-state index contributed by atoms with van der Waals surface area (Å²) in [6.07, 6.45) is 0. The predicted octanol–water partition coefficient (Wildman–Crippen LogP) is 2.45. The largest absolute Gasteiger partial charge is 0.368 e. The summed E-state index contributed by atoms with van der Waals surface area (Å²) in [5.74, 6) is 0.229. The number of hydrogen-bond donors (Lipinski definition) is 2. The Labute approximate surface area is 169 Å². The number of anilines is 1. The van der Waals surface area contributed by atoms with Gasteiger partial charge in [0, 0.05) is 43.0 Å². The molecule has 29 heavy (non-hydrogen) atoms. The molecule has 4 rings (SSSR count). The smallest absolute Gasteiger partial charge is 0.272 e. The number of aryl methyl sites for hydroxylation is 1. The van der Waals surface area contributed by atoms with Crippen LogP contribution >= 0.6 is 0 Å². The van der Waals surface area contributed by atoms with Crippen molar-refractivity contribution in [3.05, 3.63) is 71.7 Å². The molecule has 1 saturated heterocycles. The van der Waals surface area contributed by atoms with E-state index in [2.05, 4.69) is 14.9 Å². The van der Waals surface area contributed by atoms with Gasteiger partial charge in [-0.2, -0.15) is 0 Å². The van der Waals surface area contributed by atoms with E-state index < -0.39 is 5.91 Å². The average molecular weight is 389 g/mol. The first kappa shape index (κ1) is 18.7. The number of piperazine rings is 1. The number of imidazole rings is 1. The van der Waals surface area contributed by atoms with Crippen molar-refractivity contribution in [2.45, 2.75) is 6.92 Å². The van der Waals surface area contributed by atoms with Gasteiger partial charge in [-0.05, 0) is 25.1 Å². The first-order chi connectivity index (χ1) is 14.0. The van der Waals surface area contributed by atoms with Crippen LogP contribution in [-0.2, 0) is 0 Å². The van der Waals surface area contributed by atoms with Crippen LogP contribution in [0.3, 0.4) is 0 Å². The fourth-order valence-electron chi connectivity index (χ4n) is 3.63. The number of carbonyl (C=O) groups is 2. The number of H-pyrrole nitrogens is 1. The molecule has 2 amide bonds. The van der Waals surface area contributed by atoms with Crippen molar-refractivity contribution >= 4 is 17.5 Å². The van der Waals surface area contributed by atoms with E-state index in [9.17, 15) is 9.59 Å². The summed E-state index contributed by atoms with van der Waals surface area (Å²) in [6, 6.07) is 17.0. The maximum Gasteiger partial charge on any atom is 0.272 e. The Morgan fingerprint density at radius 2 is 1.72 bits per heavy atom. The van der Waals surface area contributed by atoms with Crippen molar-refractivity contribution < 1.29 is 9.59 Å². The summed E-state index contributed by atoms with van der Waals surface area (Å²) in [4.78, 5) is 36.3. The zero-order valence-electron chi connectivity index (χ0n) is 16.3. The number of amides is 2. The number of rotatable bonds is 4. The van der Waals surface area contributed by atoms with Crippen LogP contribution in [0.25, 0.3) is 11.3 Å². The highest BCUT2D eigenvalue weighted by atomic mass is 16.2. The third-order valence-corrected chi connectivity index (χ3v) is 5.15. The molecule has 148 valence electrons. The molecule has 0 unspecified atom stereocenters. The van der Waals surface area contributed by atoms with E-state index >= 15 is 0 Å². The van der Waals surface area contributed by atoms with Gasteiger partial charge in [0.25, 0.3) is 5.91 Å². The number of primary amides is 1. The van der Waals surface area contributed by atoms with Gasteiger partial charge < -0.3 is 20.5 Å². The summed E-state index contributed by atoms with van der Waals surface area (Å²) in [6.45, 7) is 4.40. The number of nitrogens with zero attached hydrogens (tertiary/aromatic N) is 3. The molecule has 3 aromatic rings. The van der Waals surface area contributed by atoms with Crippen molar-refractivity contribution in [1.82, 2.24) is 14.9 Å². The van der Waals surface area contributed by atoms with E-state index in [1.54, 1.807) is 12.1 Å². The molecule has 1 aromatic heterocycles. The molecule has 0 saturated carbocycles. The van der Waals surface area contributed by atoms with Crippen LogP contribution in [0.2, 0.25) is 0 Å². The second kappa shape index (κ2) is 7.79. The van der Waals surface area contributed by atoms with E-state index in [1.807, 2.05) is 54.3 Å². The molecule has 0 atom stereocenters. The highest BCUT2D eigenvalue weighted by molar-refractivity contribution is 5.98. The van der Waals surface area contributed by atoms with Crippen LogP contribution in [0.15, 0.2) is 54.6 Å². The Bertz CT molecular complexity index is 1040. The molecule has 3 N–H and O–H groups in total. The van der Waals surface area contributed by atoms with Crippen molar-refractivity contribution in [3.8, 4) is 11.3 Å². The number of aromatic amines is 1. The molecule has 1 aliphatic heterocycles. The normalized spacial score (nSPS) is 14.1. The number of benzene rings is 2. The molecule has 7 heteroatoms. The fourth-order valence-corrected chi connectivity index (χ4v) is 3.63. The zero-order chi connectivity index (χ0) is 20.4. The van der Waals surface area contributed by atoms with Crippen LogP contribution in [0, 0.1) is 6.92 Å². The quantitative estimate of drug-likeness (QED) is 0.716. The second-order valence-electron chi connectivity index (χ2n) is 7.11. The highest BCUT2D eigenvalue weighted by Crippen LogP contribution is 2.24. The van der Waals surface area contributed by atoms with Gasteiger partial charge in [-0.25, -0.2) is 4.98 Å². The lowest BCUT2D eigenvalue weighted by Gasteiger charge is -2.36. The monoisotopic (exact) mass is 389 g/mol.